The highest BCUT2D eigenvalue weighted by Crippen LogP contribution is 2.13. The third kappa shape index (κ3) is 3.01. The van der Waals surface area contributed by atoms with Crippen LogP contribution in [0, 0.1) is 10.1 Å². The minimum Gasteiger partial charge on any atom is -0.377 e. The number of non-ortho nitro benzene ring substituents is 1. The molecular formula is C11H12N2O4. The predicted octanol–water partition coefficient (Wildman–Crippen LogP) is 0.652. The smallest absolute Gasteiger partial charge is 0.269 e. The Labute approximate surface area is 97.7 Å². The maximum Gasteiger partial charge on any atom is 0.269 e. The number of benzene rings is 1. The van der Waals surface area contributed by atoms with Crippen LogP contribution in [-0.4, -0.2) is 30.1 Å². The maximum atomic E-state index is 11.6. The van der Waals surface area contributed by atoms with E-state index in [-0.39, 0.29) is 24.1 Å². The first-order chi connectivity index (χ1) is 8.15. The van der Waals surface area contributed by atoms with Gasteiger partial charge in [-0.1, -0.05) is 12.1 Å². The van der Waals surface area contributed by atoms with Crippen molar-refractivity contribution in [3.8, 4) is 0 Å². The number of amides is 1. The van der Waals surface area contributed by atoms with Crippen molar-refractivity contribution in [2.24, 2.45) is 0 Å². The lowest BCUT2D eigenvalue weighted by Crippen LogP contribution is -2.49. The van der Waals surface area contributed by atoms with E-state index in [0.717, 1.165) is 0 Å². The molecule has 6 heteroatoms. The number of carbonyl (C=O) groups is 1. The largest absolute Gasteiger partial charge is 0.377 e. The number of ether oxygens (including phenoxy) is 1. The van der Waals surface area contributed by atoms with Gasteiger partial charge in [0.2, 0.25) is 5.91 Å². The van der Waals surface area contributed by atoms with E-state index in [0.29, 0.717) is 18.8 Å². The Hall–Kier alpha value is -1.95. The molecule has 0 aromatic heterocycles. The molecule has 0 spiro atoms. The molecule has 90 valence electrons. The Morgan fingerprint density at radius 2 is 2.29 bits per heavy atom. The van der Waals surface area contributed by atoms with Gasteiger partial charge in [-0.2, -0.15) is 0 Å². The van der Waals surface area contributed by atoms with Crippen molar-refractivity contribution in [3.63, 3.8) is 0 Å². The van der Waals surface area contributed by atoms with Crippen molar-refractivity contribution in [2.45, 2.75) is 12.5 Å². The van der Waals surface area contributed by atoms with Crippen LogP contribution in [0.4, 0.5) is 5.69 Å². The number of nitro benzene ring substituents is 1. The van der Waals surface area contributed by atoms with Crippen LogP contribution in [-0.2, 0) is 16.0 Å². The van der Waals surface area contributed by atoms with Crippen LogP contribution in [0.2, 0.25) is 0 Å². The Bertz CT molecular complexity index is 443. The van der Waals surface area contributed by atoms with Crippen molar-refractivity contribution in [1.29, 1.82) is 0 Å². The fourth-order valence-corrected chi connectivity index (χ4v) is 1.56. The van der Waals surface area contributed by atoms with E-state index in [2.05, 4.69) is 5.32 Å². The molecule has 1 N–H and O–H groups in total. The van der Waals surface area contributed by atoms with Gasteiger partial charge in [-0.15, -0.1) is 0 Å². The molecule has 1 aromatic carbocycles. The number of rotatable bonds is 4. The average molecular weight is 236 g/mol. The highest BCUT2D eigenvalue weighted by molar-refractivity contribution is 5.79. The minimum atomic E-state index is -0.471. The van der Waals surface area contributed by atoms with Gasteiger partial charge >= 0.3 is 0 Å². The van der Waals surface area contributed by atoms with Crippen molar-refractivity contribution in [3.05, 3.63) is 39.9 Å². The summed E-state index contributed by atoms with van der Waals surface area (Å²) in [5, 5.41) is 13.3. The first-order valence-electron chi connectivity index (χ1n) is 5.25. The van der Waals surface area contributed by atoms with Crippen molar-refractivity contribution in [2.75, 3.05) is 13.2 Å². The normalized spacial score (nSPS) is 15.1. The molecule has 2 rings (SSSR count). The molecule has 17 heavy (non-hydrogen) atoms. The lowest BCUT2D eigenvalue weighted by atomic mass is 10.1. The van der Waals surface area contributed by atoms with Crippen LogP contribution in [0.1, 0.15) is 5.56 Å². The van der Waals surface area contributed by atoms with E-state index in [4.69, 9.17) is 4.74 Å². The molecule has 1 amide bonds. The van der Waals surface area contributed by atoms with Crippen LogP contribution in [0.3, 0.4) is 0 Å². The second kappa shape index (κ2) is 4.92. The zero-order valence-corrected chi connectivity index (χ0v) is 9.09. The van der Waals surface area contributed by atoms with Crippen molar-refractivity contribution >= 4 is 11.6 Å². The summed E-state index contributed by atoms with van der Waals surface area (Å²) in [7, 11) is 0. The molecular weight excluding hydrogens is 224 g/mol. The van der Waals surface area contributed by atoms with E-state index in [1.165, 1.54) is 12.1 Å². The molecule has 0 radical (unpaired) electrons. The summed E-state index contributed by atoms with van der Waals surface area (Å²) in [5.41, 5.74) is 0.638. The first-order valence-corrected chi connectivity index (χ1v) is 5.25. The van der Waals surface area contributed by atoms with E-state index >= 15 is 0 Å². The van der Waals surface area contributed by atoms with Gasteiger partial charge in [0, 0.05) is 12.1 Å². The molecule has 1 aliphatic rings. The number of hydrogen-bond donors (Lipinski definition) is 1. The first kappa shape index (κ1) is 11.5. The summed E-state index contributed by atoms with van der Waals surface area (Å²) in [5.74, 6) is -0.140. The maximum absolute atomic E-state index is 11.6. The third-order valence-corrected chi connectivity index (χ3v) is 2.49. The summed E-state index contributed by atoms with van der Waals surface area (Å²) >= 11 is 0. The zero-order valence-electron chi connectivity index (χ0n) is 9.09. The molecule has 0 atom stereocenters. The standard InChI is InChI=1S/C11H12N2O4/c14-11(12-9-6-17-7-9)5-8-2-1-3-10(4-8)13(15)16/h1-4,9H,5-7H2,(H,12,14). The fourth-order valence-electron chi connectivity index (χ4n) is 1.56. The summed E-state index contributed by atoms with van der Waals surface area (Å²) in [6.45, 7) is 1.08. The van der Waals surface area contributed by atoms with Crippen LogP contribution in [0.25, 0.3) is 0 Å². The predicted molar refractivity (Wildman–Crippen MR) is 59.6 cm³/mol. The summed E-state index contributed by atoms with van der Waals surface area (Å²) < 4.78 is 4.93. The Balaban J connectivity index is 1.95. The third-order valence-electron chi connectivity index (χ3n) is 2.49. The second-order valence-electron chi connectivity index (χ2n) is 3.91. The lowest BCUT2D eigenvalue weighted by Gasteiger charge is -2.26. The molecule has 1 heterocycles. The minimum absolute atomic E-state index is 0.00211. The number of nitrogens with zero attached hydrogens (tertiary/aromatic N) is 1. The van der Waals surface area contributed by atoms with Gasteiger partial charge in [-0.05, 0) is 5.56 Å². The summed E-state index contributed by atoms with van der Waals surface area (Å²) in [6, 6.07) is 6.18. The monoisotopic (exact) mass is 236 g/mol. The van der Waals surface area contributed by atoms with Gasteiger partial charge in [-0.3, -0.25) is 14.9 Å². The quantitative estimate of drug-likeness (QED) is 0.614. The molecule has 1 fully saturated rings. The molecule has 1 aromatic rings. The number of carbonyl (C=O) groups excluding carboxylic acids is 1. The Morgan fingerprint density at radius 3 is 2.88 bits per heavy atom. The van der Waals surface area contributed by atoms with Gasteiger partial charge in [0.25, 0.3) is 5.69 Å². The summed E-state index contributed by atoms with van der Waals surface area (Å²) in [6.07, 6.45) is 0.151. The number of hydrogen-bond acceptors (Lipinski definition) is 4. The topological polar surface area (TPSA) is 81.5 Å². The van der Waals surface area contributed by atoms with E-state index in [9.17, 15) is 14.9 Å². The number of nitro groups is 1. The highest BCUT2D eigenvalue weighted by atomic mass is 16.6. The van der Waals surface area contributed by atoms with Crippen LogP contribution < -0.4 is 5.32 Å². The molecule has 6 nitrogen and oxygen atoms in total. The van der Waals surface area contributed by atoms with Crippen LogP contribution in [0.5, 0.6) is 0 Å². The van der Waals surface area contributed by atoms with Crippen molar-refractivity contribution < 1.29 is 14.5 Å². The number of nitrogens with one attached hydrogen (secondary N) is 1. The molecule has 0 unspecified atom stereocenters. The van der Waals surface area contributed by atoms with E-state index < -0.39 is 4.92 Å². The molecule has 1 saturated heterocycles. The van der Waals surface area contributed by atoms with Gasteiger partial charge in [0.05, 0.1) is 30.6 Å². The van der Waals surface area contributed by atoms with Gasteiger partial charge in [0.1, 0.15) is 0 Å². The fraction of sp³-hybridized carbons (Fsp3) is 0.364. The molecule has 1 aliphatic heterocycles. The average Bonchev–Trinajstić information content (AvgIpc) is 2.24. The molecule has 0 bridgehead atoms. The highest BCUT2D eigenvalue weighted by Gasteiger charge is 2.20. The van der Waals surface area contributed by atoms with Crippen LogP contribution >= 0.6 is 0 Å². The van der Waals surface area contributed by atoms with E-state index in [1.54, 1.807) is 12.1 Å². The lowest BCUT2D eigenvalue weighted by molar-refractivity contribution is -0.384. The summed E-state index contributed by atoms with van der Waals surface area (Å²) in [4.78, 5) is 21.6. The van der Waals surface area contributed by atoms with Gasteiger partial charge in [-0.25, -0.2) is 0 Å². The van der Waals surface area contributed by atoms with Gasteiger partial charge in [0.15, 0.2) is 0 Å². The Kier molecular flexibility index (Phi) is 3.34. The molecule has 0 aliphatic carbocycles. The van der Waals surface area contributed by atoms with Gasteiger partial charge < -0.3 is 10.1 Å². The SMILES string of the molecule is O=C(Cc1cccc([N+](=O)[O-])c1)NC1COC1. The van der Waals surface area contributed by atoms with Crippen molar-refractivity contribution in [1.82, 2.24) is 5.32 Å². The van der Waals surface area contributed by atoms with Crippen LogP contribution in [0.15, 0.2) is 24.3 Å². The van der Waals surface area contributed by atoms with E-state index in [1.807, 2.05) is 0 Å². The zero-order chi connectivity index (χ0) is 12.3. The second-order valence-corrected chi connectivity index (χ2v) is 3.91. The Morgan fingerprint density at radius 1 is 1.53 bits per heavy atom. The molecule has 0 saturated carbocycles.